The normalized spacial score (nSPS) is 17.7. The lowest BCUT2D eigenvalue weighted by Crippen LogP contribution is -2.33. The van der Waals surface area contributed by atoms with E-state index in [1.807, 2.05) is 41.3 Å². The van der Waals surface area contributed by atoms with E-state index in [0.29, 0.717) is 6.42 Å². The molecule has 1 aliphatic heterocycles. The van der Waals surface area contributed by atoms with E-state index in [-0.39, 0.29) is 11.9 Å². The molecule has 4 nitrogen and oxygen atoms in total. The van der Waals surface area contributed by atoms with E-state index >= 15 is 0 Å². The zero-order chi connectivity index (χ0) is 16.1. The summed E-state index contributed by atoms with van der Waals surface area (Å²) in [7, 11) is 0. The molecule has 3 rings (SSSR count). The highest BCUT2D eigenvalue weighted by Gasteiger charge is 2.28. The molecule has 1 unspecified atom stereocenters. The summed E-state index contributed by atoms with van der Waals surface area (Å²) in [5.41, 5.74) is 2.35. The van der Waals surface area contributed by atoms with Gasteiger partial charge >= 0.3 is 0 Å². The summed E-state index contributed by atoms with van der Waals surface area (Å²) in [6.07, 6.45) is 4.98. The van der Waals surface area contributed by atoms with Crippen molar-refractivity contribution in [3.63, 3.8) is 0 Å². The summed E-state index contributed by atoms with van der Waals surface area (Å²) in [5, 5.41) is 4.20. The minimum Gasteiger partial charge on any atom is -0.341 e. The number of likely N-dealkylation sites (tertiary alicyclic amines) is 1. The number of amides is 1. The molecule has 1 aromatic heterocycles. The lowest BCUT2D eigenvalue weighted by Gasteiger charge is -2.17. The summed E-state index contributed by atoms with van der Waals surface area (Å²) in [4.78, 5) is 18.1. The Morgan fingerprint density at radius 1 is 1.22 bits per heavy atom. The fraction of sp³-hybridized carbons (Fsp3) is 0.333. The first-order valence-electron chi connectivity index (χ1n) is 7.85. The van der Waals surface area contributed by atoms with E-state index in [1.54, 1.807) is 12.4 Å². The van der Waals surface area contributed by atoms with Crippen molar-refractivity contribution in [2.75, 3.05) is 13.1 Å². The minimum atomic E-state index is 0.218. The van der Waals surface area contributed by atoms with Crippen molar-refractivity contribution >= 4 is 17.5 Å². The van der Waals surface area contributed by atoms with Crippen molar-refractivity contribution < 1.29 is 4.79 Å². The first kappa shape index (κ1) is 16.0. The summed E-state index contributed by atoms with van der Waals surface area (Å²) >= 11 is 6.00. The maximum Gasteiger partial charge on any atom is 0.224 e. The number of nitrogens with one attached hydrogen (secondary N) is 1. The molecule has 0 radical (unpaired) electrons. The van der Waals surface area contributed by atoms with Crippen molar-refractivity contribution in [3.05, 3.63) is 64.9 Å². The van der Waals surface area contributed by atoms with Crippen LogP contribution in [0.3, 0.4) is 0 Å². The second-order valence-electron chi connectivity index (χ2n) is 5.86. The molecule has 0 aliphatic carbocycles. The van der Waals surface area contributed by atoms with Crippen LogP contribution >= 0.6 is 11.6 Å². The molecular formula is C18H20ClN3O. The molecule has 1 amide bonds. The van der Waals surface area contributed by atoms with Gasteiger partial charge in [0, 0.05) is 49.5 Å². The summed E-state index contributed by atoms with van der Waals surface area (Å²) in [6, 6.07) is 12.0. The van der Waals surface area contributed by atoms with Gasteiger partial charge in [-0.05, 0) is 41.8 Å². The van der Waals surface area contributed by atoms with Gasteiger partial charge < -0.3 is 10.2 Å². The molecule has 1 atom stereocenters. The molecule has 1 fully saturated rings. The molecule has 2 aromatic rings. The van der Waals surface area contributed by atoms with Gasteiger partial charge in [-0.15, -0.1) is 0 Å². The quantitative estimate of drug-likeness (QED) is 0.886. The van der Waals surface area contributed by atoms with E-state index < -0.39 is 0 Å². The number of carbonyl (C=O) groups excluding carboxylic acids is 1. The first-order chi connectivity index (χ1) is 11.2. The predicted octanol–water partition coefficient (Wildman–Crippen LogP) is 2.67. The Bertz CT molecular complexity index is 662. The van der Waals surface area contributed by atoms with Crippen LogP contribution in [0, 0.1) is 0 Å². The molecule has 2 heterocycles. The molecule has 5 heteroatoms. The monoisotopic (exact) mass is 329 g/mol. The van der Waals surface area contributed by atoms with Crippen LogP contribution in [-0.4, -0.2) is 34.9 Å². The lowest BCUT2D eigenvalue weighted by atomic mass is 10.1. The van der Waals surface area contributed by atoms with E-state index in [2.05, 4.69) is 10.3 Å². The Morgan fingerprint density at radius 3 is 2.83 bits per heavy atom. The zero-order valence-electron chi connectivity index (χ0n) is 12.9. The Morgan fingerprint density at radius 2 is 2.04 bits per heavy atom. The van der Waals surface area contributed by atoms with Crippen LogP contribution in [0.15, 0.2) is 48.8 Å². The first-order valence-corrected chi connectivity index (χ1v) is 8.23. The highest BCUT2D eigenvalue weighted by atomic mass is 35.5. The summed E-state index contributed by atoms with van der Waals surface area (Å²) in [6.45, 7) is 2.28. The molecule has 1 N–H and O–H groups in total. The topological polar surface area (TPSA) is 45.2 Å². The van der Waals surface area contributed by atoms with Crippen molar-refractivity contribution in [2.45, 2.75) is 25.4 Å². The van der Waals surface area contributed by atoms with Crippen molar-refractivity contribution in [3.8, 4) is 0 Å². The largest absolute Gasteiger partial charge is 0.341 e. The number of nitrogens with zero attached hydrogens (tertiary/aromatic N) is 2. The van der Waals surface area contributed by atoms with Gasteiger partial charge in [-0.25, -0.2) is 0 Å². The Labute approximate surface area is 141 Å². The van der Waals surface area contributed by atoms with Gasteiger partial charge in [0.1, 0.15) is 0 Å². The summed E-state index contributed by atoms with van der Waals surface area (Å²) < 4.78 is 0. The average Bonchev–Trinajstić information content (AvgIpc) is 2.92. The zero-order valence-corrected chi connectivity index (χ0v) is 13.7. The third-order valence-electron chi connectivity index (χ3n) is 4.12. The van der Waals surface area contributed by atoms with E-state index in [1.165, 1.54) is 11.1 Å². The maximum atomic E-state index is 12.1. The van der Waals surface area contributed by atoms with Crippen LogP contribution in [0.4, 0.5) is 0 Å². The van der Waals surface area contributed by atoms with E-state index in [4.69, 9.17) is 11.6 Å². The van der Waals surface area contributed by atoms with Gasteiger partial charge in [-0.2, -0.15) is 0 Å². The molecule has 0 spiro atoms. The standard InChI is InChI=1S/C18H20ClN3O/c19-16-3-1-2-14(10-16)6-9-22-13-17(11-18(22)23)21-12-15-4-7-20-8-5-15/h1-5,7-8,10,17,21H,6,9,11-13H2. The van der Waals surface area contributed by atoms with E-state index in [9.17, 15) is 4.79 Å². The van der Waals surface area contributed by atoms with E-state index in [0.717, 1.165) is 31.1 Å². The number of rotatable bonds is 6. The van der Waals surface area contributed by atoms with Gasteiger partial charge in [0.05, 0.1) is 0 Å². The highest BCUT2D eigenvalue weighted by molar-refractivity contribution is 6.30. The van der Waals surface area contributed by atoms with Gasteiger partial charge in [-0.3, -0.25) is 9.78 Å². The second-order valence-corrected chi connectivity index (χ2v) is 6.29. The number of hydrogen-bond acceptors (Lipinski definition) is 3. The molecule has 0 bridgehead atoms. The van der Waals surface area contributed by atoms with Crippen molar-refractivity contribution in [2.24, 2.45) is 0 Å². The minimum absolute atomic E-state index is 0.218. The third kappa shape index (κ3) is 4.53. The number of hydrogen-bond donors (Lipinski definition) is 1. The molecule has 0 saturated carbocycles. The average molecular weight is 330 g/mol. The SMILES string of the molecule is O=C1CC(NCc2ccncc2)CN1CCc1cccc(Cl)c1. The number of halogens is 1. The number of aromatic nitrogens is 1. The number of carbonyl (C=O) groups is 1. The van der Waals surface area contributed by atoms with Crippen molar-refractivity contribution in [1.82, 2.24) is 15.2 Å². The molecular weight excluding hydrogens is 310 g/mol. The number of benzene rings is 1. The Balaban J connectivity index is 1.47. The fourth-order valence-corrected chi connectivity index (χ4v) is 3.06. The number of pyridine rings is 1. The lowest BCUT2D eigenvalue weighted by molar-refractivity contribution is -0.127. The van der Waals surface area contributed by atoms with Gasteiger partial charge in [0.25, 0.3) is 0 Å². The third-order valence-corrected chi connectivity index (χ3v) is 4.35. The summed E-state index contributed by atoms with van der Waals surface area (Å²) in [5.74, 6) is 0.222. The Kier molecular flexibility index (Phi) is 5.26. The molecule has 23 heavy (non-hydrogen) atoms. The predicted molar refractivity (Wildman–Crippen MR) is 91.2 cm³/mol. The van der Waals surface area contributed by atoms with Crippen LogP contribution < -0.4 is 5.32 Å². The Hall–Kier alpha value is -1.91. The van der Waals surface area contributed by atoms with Crippen LogP contribution in [-0.2, 0) is 17.8 Å². The molecule has 1 aliphatic rings. The second kappa shape index (κ2) is 7.57. The molecule has 1 saturated heterocycles. The van der Waals surface area contributed by atoms with Crippen LogP contribution in [0.5, 0.6) is 0 Å². The molecule has 1 aromatic carbocycles. The smallest absolute Gasteiger partial charge is 0.224 e. The van der Waals surface area contributed by atoms with Crippen LogP contribution in [0.25, 0.3) is 0 Å². The molecule has 120 valence electrons. The highest BCUT2D eigenvalue weighted by Crippen LogP contribution is 2.15. The fourth-order valence-electron chi connectivity index (χ4n) is 2.84. The maximum absolute atomic E-state index is 12.1. The van der Waals surface area contributed by atoms with Gasteiger partial charge in [0.15, 0.2) is 0 Å². The van der Waals surface area contributed by atoms with Crippen molar-refractivity contribution in [1.29, 1.82) is 0 Å². The van der Waals surface area contributed by atoms with Crippen LogP contribution in [0.1, 0.15) is 17.5 Å². The van der Waals surface area contributed by atoms with Gasteiger partial charge in [0.2, 0.25) is 5.91 Å². The van der Waals surface area contributed by atoms with Crippen LogP contribution in [0.2, 0.25) is 5.02 Å². The van der Waals surface area contributed by atoms with Gasteiger partial charge in [-0.1, -0.05) is 23.7 Å².